The molecule has 0 aliphatic carbocycles. The average molecular weight is 422 g/mol. The molecule has 3 rings (SSSR count). The number of rotatable bonds is 8. The maximum absolute atomic E-state index is 13.0. The van der Waals surface area contributed by atoms with Crippen molar-refractivity contribution in [1.82, 2.24) is 29.3 Å². The minimum Gasteiger partial charge on any atom is -0.322 e. The predicted octanol–water partition coefficient (Wildman–Crippen LogP) is 2.45. The third-order valence-electron chi connectivity index (χ3n) is 4.64. The molecule has 3 heterocycles. The zero-order valence-corrected chi connectivity index (χ0v) is 16.5. The van der Waals surface area contributed by atoms with Crippen molar-refractivity contribution in [3.8, 4) is 0 Å². The van der Waals surface area contributed by atoms with Crippen LogP contribution >= 0.6 is 0 Å². The molecule has 1 amide bonds. The highest BCUT2D eigenvalue weighted by Gasteiger charge is 2.31. The second-order valence-electron chi connectivity index (χ2n) is 6.58. The Labute approximate surface area is 169 Å². The fraction of sp³-hybridized carbons (Fsp3) is 0.412. The summed E-state index contributed by atoms with van der Waals surface area (Å²) in [5.41, 5.74) is 0.536. The summed E-state index contributed by atoms with van der Waals surface area (Å²) in [5, 5.41) is 25.6. The number of carbonyl (C=O) groups is 1. The van der Waals surface area contributed by atoms with Crippen LogP contribution < -0.4 is 5.32 Å². The van der Waals surface area contributed by atoms with Crippen LogP contribution in [0.15, 0.2) is 18.6 Å². The lowest BCUT2D eigenvalue weighted by Gasteiger charge is -2.04. The second kappa shape index (κ2) is 8.39. The highest BCUT2D eigenvalue weighted by Crippen LogP contribution is 2.30. The summed E-state index contributed by atoms with van der Waals surface area (Å²) in [7, 11) is 0. The van der Waals surface area contributed by atoms with Crippen molar-refractivity contribution >= 4 is 17.3 Å². The number of anilines is 1. The van der Waals surface area contributed by atoms with E-state index in [2.05, 4.69) is 20.6 Å². The number of alkyl halides is 2. The van der Waals surface area contributed by atoms with Gasteiger partial charge in [0, 0.05) is 24.0 Å². The van der Waals surface area contributed by atoms with E-state index in [0.29, 0.717) is 12.2 Å². The van der Waals surface area contributed by atoms with Crippen molar-refractivity contribution < 1.29 is 18.5 Å². The van der Waals surface area contributed by atoms with Gasteiger partial charge in [-0.1, -0.05) is 0 Å². The van der Waals surface area contributed by atoms with Crippen molar-refractivity contribution in [2.45, 2.75) is 46.8 Å². The SMILES string of the molecule is CCn1ncc(Cn2cc(NC(=O)Cn3nc(C(F)F)c([N+](=O)[O-])c3C)cn2)c1C. The van der Waals surface area contributed by atoms with Crippen molar-refractivity contribution in [3.05, 3.63) is 51.4 Å². The number of nitrogens with zero attached hydrogens (tertiary/aromatic N) is 7. The Balaban J connectivity index is 1.68. The molecule has 0 saturated carbocycles. The molecule has 0 unspecified atom stereocenters. The number of nitrogens with one attached hydrogen (secondary N) is 1. The lowest BCUT2D eigenvalue weighted by Crippen LogP contribution is -2.20. The maximum Gasteiger partial charge on any atom is 0.319 e. The van der Waals surface area contributed by atoms with Gasteiger partial charge < -0.3 is 5.32 Å². The van der Waals surface area contributed by atoms with Gasteiger partial charge in [0.05, 0.1) is 29.5 Å². The molecule has 0 spiro atoms. The molecular formula is C17H20F2N8O3. The molecule has 0 aliphatic rings. The molecule has 160 valence electrons. The first kappa shape index (κ1) is 21.1. The van der Waals surface area contributed by atoms with Crippen LogP contribution in [0.4, 0.5) is 20.2 Å². The van der Waals surface area contributed by atoms with Crippen molar-refractivity contribution in [2.75, 3.05) is 5.32 Å². The van der Waals surface area contributed by atoms with Gasteiger partial charge >= 0.3 is 5.69 Å². The predicted molar refractivity (Wildman–Crippen MR) is 101 cm³/mol. The summed E-state index contributed by atoms with van der Waals surface area (Å²) < 4.78 is 30.4. The highest BCUT2D eigenvalue weighted by molar-refractivity contribution is 5.90. The first-order valence-corrected chi connectivity index (χ1v) is 9.04. The molecule has 3 aromatic heterocycles. The Kier molecular flexibility index (Phi) is 5.89. The Morgan fingerprint density at radius 3 is 2.53 bits per heavy atom. The van der Waals surface area contributed by atoms with E-state index in [9.17, 15) is 23.7 Å². The lowest BCUT2D eigenvalue weighted by molar-refractivity contribution is -0.386. The van der Waals surface area contributed by atoms with Crippen molar-refractivity contribution in [2.24, 2.45) is 0 Å². The van der Waals surface area contributed by atoms with Gasteiger partial charge in [0.15, 0.2) is 0 Å². The summed E-state index contributed by atoms with van der Waals surface area (Å²) in [6, 6.07) is 0. The molecule has 13 heteroatoms. The van der Waals surface area contributed by atoms with Crippen LogP contribution in [0.3, 0.4) is 0 Å². The third-order valence-corrected chi connectivity index (χ3v) is 4.64. The fourth-order valence-corrected chi connectivity index (χ4v) is 3.07. The van der Waals surface area contributed by atoms with Gasteiger partial charge in [-0.15, -0.1) is 0 Å². The Morgan fingerprint density at radius 1 is 1.23 bits per heavy atom. The molecular weight excluding hydrogens is 402 g/mol. The number of halogens is 2. The monoisotopic (exact) mass is 422 g/mol. The number of aromatic nitrogens is 6. The molecule has 0 atom stereocenters. The van der Waals surface area contributed by atoms with Crippen molar-refractivity contribution in [3.63, 3.8) is 0 Å². The first-order chi connectivity index (χ1) is 14.2. The van der Waals surface area contributed by atoms with Crippen LogP contribution in [0, 0.1) is 24.0 Å². The molecule has 30 heavy (non-hydrogen) atoms. The zero-order valence-electron chi connectivity index (χ0n) is 16.5. The standard InChI is InChI=1S/C17H20F2N8O3/c1-4-25-10(2)12(5-21-25)7-24-8-13(6-20-24)22-14(28)9-26-11(3)16(27(29)30)15(23-26)17(18)19/h5-6,8,17H,4,7,9H2,1-3H3,(H,22,28). The van der Waals surface area contributed by atoms with E-state index in [1.807, 2.05) is 18.5 Å². The molecule has 11 nitrogen and oxygen atoms in total. The van der Waals surface area contributed by atoms with Gasteiger partial charge in [-0.2, -0.15) is 15.3 Å². The summed E-state index contributed by atoms with van der Waals surface area (Å²) in [5.74, 6) is -0.578. The van der Waals surface area contributed by atoms with E-state index in [0.717, 1.165) is 22.5 Å². The topological polar surface area (TPSA) is 126 Å². The van der Waals surface area contributed by atoms with E-state index < -0.39 is 35.2 Å². The third kappa shape index (κ3) is 4.18. The van der Waals surface area contributed by atoms with Gasteiger partial charge in [0.2, 0.25) is 11.6 Å². The van der Waals surface area contributed by atoms with E-state index in [1.54, 1.807) is 17.1 Å². The van der Waals surface area contributed by atoms with Gasteiger partial charge in [-0.05, 0) is 20.8 Å². The van der Waals surface area contributed by atoms with Gasteiger partial charge in [-0.25, -0.2) is 8.78 Å². The Morgan fingerprint density at radius 2 is 1.97 bits per heavy atom. The summed E-state index contributed by atoms with van der Waals surface area (Å²) >= 11 is 0. The van der Waals surface area contributed by atoms with Crippen LogP contribution in [0.1, 0.15) is 36.0 Å². The molecule has 0 fully saturated rings. The van der Waals surface area contributed by atoms with Crippen molar-refractivity contribution in [1.29, 1.82) is 0 Å². The second-order valence-corrected chi connectivity index (χ2v) is 6.58. The smallest absolute Gasteiger partial charge is 0.319 e. The van der Waals surface area contributed by atoms with Gasteiger partial charge in [0.1, 0.15) is 12.2 Å². The van der Waals surface area contributed by atoms with Gasteiger partial charge in [0.25, 0.3) is 6.43 Å². The molecule has 0 aromatic carbocycles. The molecule has 1 N–H and O–H groups in total. The molecule has 3 aromatic rings. The van der Waals surface area contributed by atoms with Crippen LogP contribution in [0.25, 0.3) is 0 Å². The normalized spacial score (nSPS) is 11.3. The average Bonchev–Trinajstić information content (AvgIpc) is 3.35. The number of hydrogen-bond acceptors (Lipinski definition) is 6. The molecule has 0 bridgehead atoms. The number of carbonyl (C=O) groups excluding carboxylic acids is 1. The number of hydrogen-bond donors (Lipinski definition) is 1. The zero-order chi connectivity index (χ0) is 22.0. The largest absolute Gasteiger partial charge is 0.322 e. The van der Waals surface area contributed by atoms with Gasteiger partial charge in [-0.3, -0.25) is 29.0 Å². The van der Waals surface area contributed by atoms with Crippen LogP contribution in [0.5, 0.6) is 0 Å². The van der Waals surface area contributed by atoms with Crippen LogP contribution in [0.2, 0.25) is 0 Å². The van der Waals surface area contributed by atoms with E-state index >= 15 is 0 Å². The maximum atomic E-state index is 13.0. The van der Waals surface area contributed by atoms with Crippen LogP contribution in [-0.4, -0.2) is 40.2 Å². The minimum absolute atomic E-state index is 0.121. The number of nitro groups is 1. The first-order valence-electron chi connectivity index (χ1n) is 9.04. The number of aryl methyl sites for hydroxylation is 1. The summed E-state index contributed by atoms with van der Waals surface area (Å²) in [6.45, 7) is 5.98. The van der Waals surface area contributed by atoms with E-state index in [1.165, 1.54) is 13.1 Å². The van der Waals surface area contributed by atoms with Crippen LogP contribution in [-0.2, 0) is 24.4 Å². The molecule has 0 saturated heterocycles. The molecule has 0 radical (unpaired) electrons. The fourth-order valence-electron chi connectivity index (χ4n) is 3.07. The summed E-state index contributed by atoms with van der Waals surface area (Å²) in [6.07, 6.45) is 1.70. The van der Waals surface area contributed by atoms with E-state index in [-0.39, 0.29) is 5.69 Å². The lowest BCUT2D eigenvalue weighted by atomic mass is 10.2. The molecule has 0 aliphatic heterocycles. The quantitative estimate of drug-likeness (QED) is 0.439. The van der Waals surface area contributed by atoms with E-state index in [4.69, 9.17) is 0 Å². The Hall–Kier alpha value is -3.64. The minimum atomic E-state index is -3.12. The highest BCUT2D eigenvalue weighted by atomic mass is 19.3. The number of amides is 1. The Bertz CT molecular complexity index is 1090. The summed E-state index contributed by atoms with van der Waals surface area (Å²) in [4.78, 5) is 22.4.